The van der Waals surface area contributed by atoms with Gasteiger partial charge in [-0.25, -0.2) is 4.98 Å². The van der Waals surface area contributed by atoms with E-state index in [1.54, 1.807) is 17.8 Å². The molecule has 2 heterocycles. The summed E-state index contributed by atoms with van der Waals surface area (Å²) in [5.41, 5.74) is 1.88. The van der Waals surface area contributed by atoms with Gasteiger partial charge in [-0.1, -0.05) is 18.2 Å². The van der Waals surface area contributed by atoms with Crippen LogP contribution in [-0.2, 0) is 13.6 Å². The van der Waals surface area contributed by atoms with Crippen molar-refractivity contribution in [3.8, 4) is 0 Å². The molecule has 1 aromatic carbocycles. The van der Waals surface area contributed by atoms with Gasteiger partial charge in [0.25, 0.3) is 5.56 Å². The van der Waals surface area contributed by atoms with Crippen LogP contribution in [0.15, 0.2) is 53.6 Å². The molecule has 118 valence electrons. The minimum Gasteiger partial charge on any atom is -0.298 e. The highest BCUT2D eigenvalue weighted by atomic mass is 16.1. The van der Waals surface area contributed by atoms with E-state index in [4.69, 9.17) is 0 Å². The number of benzene rings is 1. The largest absolute Gasteiger partial charge is 0.298 e. The van der Waals surface area contributed by atoms with Crippen molar-refractivity contribution < 1.29 is 0 Å². The summed E-state index contributed by atoms with van der Waals surface area (Å²) >= 11 is 0. The molecule has 5 nitrogen and oxygen atoms in total. The molecule has 0 amide bonds. The van der Waals surface area contributed by atoms with Crippen molar-refractivity contribution in [3.63, 3.8) is 0 Å². The molecule has 0 saturated carbocycles. The van der Waals surface area contributed by atoms with Crippen LogP contribution in [0, 0.1) is 0 Å². The van der Waals surface area contributed by atoms with Crippen LogP contribution in [0.2, 0.25) is 0 Å². The Hall–Kier alpha value is -2.53. The van der Waals surface area contributed by atoms with Crippen molar-refractivity contribution in [1.82, 2.24) is 19.4 Å². The molecule has 5 heteroatoms. The fourth-order valence-corrected chi connectivity index (χ4v) is 2.64. The minimum absolute atomic E-state index is 0.00645. The average Bonchev–Trinajstić information content (AvgIpc) is 2.59. The molecule has 0 aliphatic rings. The number of pyridine rings is 1. The maximum Gasteiger partial charge on any atom is 0.261 e. The zero-order valence-corrected chi connectivity index (χ0v) is 13.6. The number of fused-ring (bicyclic) bond motifs is 1. The quantitative estimate of drug-likeness (QED) is 0.743. The topological polar surface area (TPSA) is 51.0 Å². The monoisotopic (exact) mass is 308 g/mol. The third kappa shape index (κ3) is 3.00. The first-order chi connectivity index (χ1) is 11.1. The molecule has 0 aliphatic carbocycles. The predicted octanol–water partition coefficient (Wildman–Crippen LogP) is 2.52. The molecule has 0 radical (unpaired) electrons. The van der Waals surface area contributed by atoms with Gasteiger partial charge in [-0.3, -0.25) is 19.2 Å². The van der Waals surface area contributed by atoms with Crippen LogP contribution in [0.1, 0.15) is 24.4 Å². The Balaban J connectivity index is 1.92. The molecular weight excluding hydrogens is 288 g/mol. The lowest BCUT2D eigenvalue weighted by Gasteiger charge is -2.25. The number of nitrogens with zero attached hydrogens (tertiary/aromatic N) is 4. The fraction of sp³-hybridized carbons (Fsp3) is 0.278. The second kappa shape index (κ2) is 6.30. The Kier molecular flexibility index (Phi) is 4.21. The van der Waals surface area contributed by atoms with E-state index < -0.39 is 0 Å². The van der Waals surface area contributed by atoms with Crippen molar-refractivity contribution in [3.05, 3.63) is 70.5 Å². The molecule has 0 aliphatic heterocycles. The molecule has 0 fully saturated rings. The molecule has 0 N–H and O–H groups in total. The van der Waals surface area contributed by atoms with Crippen molar-refractivity contribution in [2.24, 2.45) is 7.05 Å². The number of para-hydroxylation sites is 1. The summed E-state index contributed by atoms with van der Waals surface area (Å²) < 4.78 is 1.63. The molecule has 1 atom stereocenters. The predicted molar refractivity (Wildman–Crippen MR) is 91.1 cm³/mol. The van der Waals surface area contributed by atoms with Crippen LogP contribution in [-0.4, -0.2) is 26.5 Å². The summed E-state index contributed by atoms with van der Waals surface area (Å²) in [4.78, 5) is 23.5. The Morgan fingerprint density at radius 3 is 2.74 bits per heavy atom. The zero-order valence-electron chi connectivity index (χ0n) is 13.6. The van der Waals surface area contributed by atoms with Gasteiger partial charge in [0.2, 0.25) is 0 Å². The Morgan fingerprint density at radius 1 is 1.22 bits per heavy atom. The SMILES string of the molecule is C[C@@H](c1cccnc1)N(C)Cc1nc2ccccc2c(=O)n1C. The highest BCUT2D eigenvalue weighted by Gasteiger charge is 2.15. The lowest BCUT2D eigenvalue weighted by molar-refractivity contribution is 0.243. The molecule has 0 spiro atoms. The van der Waals surface area contributed by atoms with Gasteiger partial charge in [0.15, 0.2) is 0 Å². The molecule has 23 heavy (non-hydrogen) atoms. The number of hydrogen-bond donors (Lipinski definition) is 0. The van der Waals surface area contributed by atoms with Gasteiger partial charge in [-0.2, -0.15) is 0 Å². The smallest absolute Gasteiger partial charge is 0.261 e. The third-order valence-electron chi connectivity index (χ3n) is 4.29. The van der Waals surface area contributed by atoms with Crippen molar-refractivity contribution in [1.29, 1.82) is 0 Å². The first-order valence-electron chi connectivity index (χ1n) is 7.62. The molecular formula is C18H20N4O. The number of rotatable bonds is 4. The second-order valence-corrected chi connectivity index (χ2v) is 5.79. The lowest BCUT2D eigenvalue weighted by Crippen LogP contribution is -2.29. The maximum atomic E-state index is 12.5. The summed E-state index contributed by atoms with van der Waals surface area (Å²) in [5.74, 6) is 0.756. The van der Waals surface area contributed by atoms with Gasteiger partial charge in [-0.15, -0.1) is 0 Å². The highest BCUT2D eigenvalue weighted by molar-refractivity contribution is 5.77. The second-order valence-electron chi connectivity index (χ2n) is 5.79. The van der Waals surface area contributed by atoms with Crippen LogP contribution < -0.4 is 5.56 Å². The fourth-order valence-electron chi connectivity index (χ4n) is 2.64. The van der Waals surface area contributed by atoms with Gasteiger partial charge < -0.3 is 0 Å². The van der Waals surface area contributed by atoms with Crippen LogP contribution in [0.25, 0.3) is 10.9 Å². The van der Waals surface area contributed by atoms with E-state index in [0.717, 1.165) is 16.9 Å². The van der Waals surface area contributed by atoms with Crippen LogP contribution in [0.3, 0.4) is 0 Å². The summed E-state index contributed by atoms with van der Waals surface area (Å²) in [6.07, 6.45) is 3.64. The summed E-state index contributed by atoms with van der Waals surface area (Å²) in [6.45, 7) is 2.71. The molecule has 3 rings (SSSR count). The van der Waals surface area contributed by atoms with E-state index in [2.05, 4.69) is 27.9 Å². The zero-order chi connectivity index (χ0) is 16.4. The van der Waals surface area contributed by atoms with E-state index in [-0.39, 0.29) is 11.6 Å². The molecule has 0 unspecified atom stereocenters. The Bertz CT molecular complexity index is 873. The van der Waals surface area contributed by atoms with Crippen LogP contribution >= 0.6 is 0 Å². The standard InChI is InChI=1S/C18H20N4O/c1-13(14-7-6-10-19-11-14)21(2)12-17-20-16-9-5-4-8-15(16)18(23)22(17)3/h4-11,13H,12H2,1-3H3/t13-/m0/s1. The van der Waals surface area contributed by atoms with E-state index in [0.29, 0.717) is 11.9 Å². The Morgan fingerprint density at radius 2 is 2.00 bits per heavy atom. The summed E-state index contributed by atoms with van der Waals surface area (Å²) in [6, 6.07) is 11.6. The van der Waals surface area contributed by atoms with Gasteiger partial charge >= 0.3 is 0 Å². The molecule has 3 aromatic rings. The average molecular weight is 308 g/mol. The van der Waals surface area contributed by atoms with Gasteiger partial charge in [0, 0.05) is 25.5 Å². The molecule has 0 bridgehead atoms. The Labute approximate surface area is 135 Å². The lowest BCUT2D eigenvalue weighted by atomic mass is 10.1. The van der Waals surface area contributed by atoms with Gasteiger partial charge in [0.05, 0.1) is 17.4 Å². The molecule has 2 aromatic heterocycles. The first kappa shape index (κ1) is 15.4. The molecule has 0 saturated heterocycles. The summed E-state index contributed by atoms with van der Waals surface area (Å²) in [5, 5.41) is 0.654. The van der Waals surface area contributed by atoms with Crippen molar-refractivity contribution in [2.45, 2.75) is 19.5 Å². The normalized spacial score (nSPS) is 12.7. The highest BCUT2D eigenvalue weighted by Crippen LogP contribution is 2.19. The first-order valence-corrected chi connectivity index (χ1v) is 7.62. The summed E-state index contributed by atoms with van der Waals surface area (Å²) in [7, 11) is 3.80. The van der Waals surface area contributed by atoms with E-state index in [9.17, 15) is 4.79 Å². The van der Waals surface area contributed by atoms with Crippen molar-refractivity contribution in [2.75, 3.05) is 7.05 Å². The van der Waals surface area contributed by atoms with Gasteiger partial charge in [-0.05, 0) is 37.7 Å². The van der Waals surface area contributed by atoms with E-state index >= 15 is 0 Å². The number of aromatic nitrogens is 3. The number of hydrogen-bond acceptors (Lipinski definition) is 4. The van der Waals surface area contributed by atoms with E-state index in [1.807, 2.05) is 43.6 Å². The van der Waals surface area contributed by atoms with Crippen LogP contribution in [0.4, 0.5) is 0 Å². The third-order valence-corrected chi connectivity index (χ3v) is 4.29. The van der Waals surface area contributed by atoms with Gasteiger partial charge in [0.1, 0.15) is 5.82 Å². The van der Waals surface area contributed by atoms with Crippen LogP contribution in [0.5, 0.6) is 0 Å². The minimum atomic E-state index is -0.00645. The van der Waals surface area contributed by atoms with Crippen molar-refractivity contribution >= 4 is 10.9 Å². The van der Waals surface area contributed by atoms with E-state index in [1.165, 1.54) is 0 Å². The maximum absolute atomic E-state index is 12.5.